The quantitative estimate of drug-likeness (QED) is 0.828. The molecule has 2 aromatic rings. The number of halogens is 4. The van der Waals surface area contributed by atoms with Crippen molar-refractivity contribution in [1.29, 1.82) is 0 Å². The fraction of sp³-hybridized carbons (Fsp3) is 0.125. The van der Waals surface area contributed by atoms with Gasteiger partial charge in [-0.25, -0.2) is 4.39 Å². The molecule has 0 heterocycles. The lowest BCUT2D eigenvalue weighted by molar-refractivity contribution is -0.137. The highest BCUT2D eigenvalue weighted by atomic mass is 19.4. The molecule has 8 heteroatoms. The van der Waals surface area contributed by atoms with E-state index in [0.29, 0.717) is 6.07 Å². The maximum Gasteiger partial charge on any atom is 0.418 e. The van der Waals surface area contributed by atoms with Crippen molar-refractivity contribution < 1.29 is 27.2 Å². The number of alkyl halides is 3. The molecular weight excluding hydrogens is 328 g/mol. The van der Waals surface area contributed by atoms with Gasteiger partial charge in [0.1, 0.15) is 5.82 Å². The molecule has 0 saturated heterocycles. The molecule has 0 saturated carbocycles. The predicted octanol–water partition coefficient (Wildman–Crippen LogP) is 4.06. The normalized spacial score (nSPS) is 11.0. The maximum atomic E-state index is 13.6. The fourth-order valence-electron chi connectivity index (χ4n) is 2.00. The van der Waals surface area contributed by atoms with Crippen molar-refractivity contribution in [3.05, 3.63) is 59.4 Å². The Hall–Kier alpha value is -2.90. The first-order valence-corrected chi connectivity index (χ1v) is 6.73. The van der Waals surface area contributed by atoms with Gasteiger partial charge in [-0.2, -0.15) is 13.2 Å². The van der Waals surface area contributed by atoms with Gasteiger partial charge < -0.3 is 10.6 Å². The number of nitrogens with one attached hydrogen (secondary N) is 2. The summed E-state index contributed by atoms with van der Waals surface area (Å²) in [6.45, 7) is 1.15. The average molecular weight is 340 g/mol. The molecule has 2 amide bonds. The van der Waals surface area contributed by atoms with E-state index in [9.17, 15) is 27.2 Å². The Balaban J connectivity index is 2.37. The molecule has 0 atom stereocenters. The minimum atomic E-state index is -4.77. The first kappa shape index (κ1) is 17.5. The zero-order chi connectivity index (χ0) is 17.9. The lowest BCUT2D eigenvalue weighted by Crippen LogP contribution is -2.18. The molecule has 2 N–H and O–H groups in total. The van der Waals surface area contributed by atoms with Crippen LogP contribution in [0.3, 0.4) is 0 Å². The highest BCUT2D eigenvalue weighted by Gasteiger charge is 2.34. The van der Waals surface area contributed by atoms with E-state index in [1.54, 1.807) is 0 Å². The van der Waals surface area contributed by atoms with Crippen LogP contribution in [0.2, 0.25) is 0 Å². The summed E-state index contributed by atoms with van der Waals surface area (Å²) in [6, 6.07) is 7.82. The van der Waals surface area contributed by atoms with Gasteiger partial charge in [0.25, 0.3) is 5.91 Å². The van der Waals surface area contributed by atoms with Crippen LogP contribution >= 0.6 is 0 Å². The number of amides is 2. The lowest BCUT2D eigenvalue weighted by Gasteiger charge is -2.15. The van der Waals surface area contributed by atoms with Crippen molar-refractivity contribution in [1.82, 2.24) is 0 Å². The first-order valence-electron chi connectivity index (χ1n) is 6.73. The molecule has 0 aliphatic rings. The Kier molecular flexibility index (Phi) is 4.87. The molecular formula is C16H12F4N2O2. The van der Waals surface area contributed by atoms with E-state index in [2.05, 4.69) is 5.32 Å². The van der Waals surface area contributed by atoms with Gasteiger partial charge in [0.05, 0.1) is 16.8 Å². The van der Waals surface area contributed by atoms with Crippen molar-refractivity contribution >= 4 is 23.2 Å². The van der Waals surface area contributed by atoms with Crippen LogP contribution in [-0.4, -0.2) is 11.8 Å². The van der Waals surface area contributed by atoms with Crippen LogP contribution in [0, 0.1) is 5.82 Å². The highest BCUT2D eigenvalue weighted by Crippen LogP contribution is 2.36. The molecule has 0 aliphatic carbocycles. The van der Waals surface area contributed by atoms with Crippen LogP contribution in [-0.2, 0) is 11.0 Å². The SMILES string of the molecule is CC(=O)Nc1ccc(NC(=O)c2ccccc2F)c(C(F)(F)F)c1. The smallest absolute Gasteiger partial charge is 0.326 e. The molecule has 0 fully saturated rings. The summed E-state index contributed by atoms with van der Waals surface area (Å²) < 4.78 is 53.0. The molecule has 2 aromatic carbocycles. The summed E-state index contributed by atoms with van der Waals surface area (Å²) in [7, 11) is 0. The second kappa shape index (κ2) is 6.69. The molecule has 2 rings (SSSR count). The third-order valence-corrected chi connectivity index (χ3v) is 3.01. The first-order chi connectivity index (χ1) is 11.2. The Morgan fingerprint density at radius 1 is 1.00 bits per heavy atom. The number of benzene rings is 2. The number of hydrogen-bond acceptors (Lipinski definition) is 2. The number of hydrogen-bond donors (Lipinski definition) is 2. The molecule has 0 aliphatic heterocycles. The Morgan fingerprint density at radius 3 is 2.25 bits per heavy atom. The third kappa shape index (κ3) is 4.09. The van der Waals surface area contributed by atoms with Gasteiger partial charge in [0.15, 0.2) is 0 Å². The number of anilines is 2. The summed E-state index contributed by atoms with van der Waals surface area (Å²) in [4.78, 5) is 22.9. The van der Waals surface area contributed by atoms with Crippen molar-refractivity contribution in [2.24, 2.45) is 0 Å². The van der Waals surface area contributed by atoms with E-state index < -0.39 is 35.1 Å². The van der Waals surface area contributed by atoms with Crippen LogP contribution < -0.4 is 10.6 Å². The number of carbonyl (C=O) groups excluding carboxylic acids is 2. The van der Waals surface area contributed by atoms with E-state index in [1.807, 2.05) is 5.32 Å². The fourth-order valence-corrected chi connectivity index (χ4v) is 2.00. The molecule has 24 heavy (non-hydrogen) atoms. The van der Waals surface area contributed by atoms with Gasteiger partial charge in [0, 0.05) is 12.6 Å². The molecule has 0 radical (unpaired) electrons. The predicted molar refractivity (Wildman–Crippen MR) is 80.1 cm³/mol. The number of rotatable bonds is 3. The van der Waals surface area contributed by atoms with Crippen molar-refractivity contribution in [2.45, 2.75) is 13.1 Å². The van der Waals surface area contributed by atoms with Gasteiger partial charge in [-0.3, -0.25) is 9.59 Å². The molecule has 0 aromatic heterocycles. The van der Waals surface area contributed by atoms with Gasteiger partial charge in [-0.1, -0.05) is 12.1 Å². The van der Waals surface area contributed by atoms with Gasteiger partial charge in [0.2, 0.25) is 5.91 Å². The van der Waals surface area contributed by atoms with Crippen LogP contribution in [0.4, 0.5) is 28.9 Å². The minimum Gasteiger partial charge on any atom is -0.326 e. The second-order valence-corrected chi connectivity index (χ2v) is 4.87. The van der Waals surface area contributed by atoms with E-state index in [0.717, 1.165) is 25.1 Å². The average Bonchev–Trinajstić information content (AvgIpc) is 2.47. The molecule has 0 spiro atoms. The Bertz CT molecular complexity index is 788. The van der Waals surface area contributed by atoms with Gasteiger partial charge in [-0.05, 0) is 30.3 Å². The zero-order valence-electron chi connectivity index (χ0n) is 12.4. The van der Waals surface area contributed by atoms with Gasteiger partial charge >= 0.3 is 6.18 Å². The largest absolute Gasteiger partial charge is 0.418 e. The Labute approximate surface area is 134 Å². The maximum absolute atomic E-state index is 13.6. The topological polar surface area (TPSA) is 58.2 Å². The van der Waals surface area contributed by atoms with E-state index in [1.165, 1.54) is 18.2 Å². The van der Waals surface area contributed by atoms with Crippen LogP contribution in [0.25, 0.3) is 0 Å². The lowest BCUT2D eigenvalue weighted by atomic mass is 10.1. The van der Waals surface area contributed by atoms with Crippen LogP contribution in [0.15, 0.2) is 42.5 Å². The van der Waals surface area contributed by atoms with E-state index in [-0.39, 0.29) is 11.3 Å². The standard InChI is InChI=1S/C16H12F4N2O2/c1-9(23)21-10-6-7-14(12(8-10)16(18,19)20)22-15(24)11-4-2-3-5-13(11)17/h2-8H,1H3,(H,21,23)(H,22,24). The summed E-state index contributed by atoms with van der Waals surface area (Å²) >= 11 is 0. The molecule has 4 nitrogen and oxygen atoms in total. The van der Waals surface area contributed by atoms with E-state index >= 15 is 0 Å². The summed E-state index contributed by atoms with van der Waals surface area (Å²) in [6.07, 6.45) is -4.77. The van der Waals surface area contributed by atoms with Crippen molar-refractivity contribution in [3.63, 3.8) is 0 Å². The summed E-state index contributed by atoms with van der Waals surface area (Å²) in [5, 5.41) is 4.27. The summed E-state index contributed by atoms with van der Waals surface area (Å²) in [5.41, 5.74) is -2.14. The molecule has 126 valence electrons. The third-order valence-electron chi connectivity index (χ3n) is 3.01. The Morgan fingerprint density at radius 2 is 1.67 bits per heavy atom. The van der Waals surface area contributed by atoms with Gasteiger partial charge in [-0.15, -0.1) is 0 Å². The second-order valence-electron chi connectivity index (χ2n) is 4.87. The van der Waals surface area contributed by atoms with Crippen LogP contribution in [0.5, 0.6) is 0 Å². The zero-order valence-corrected chi connectivity index (χ0v) is 12.4. The highest BCUT2D eigenvalue weighted by molar-refractivity contribution is 6.05. The summed E-state index contributed by atoms with van der Waals surface area (Å²) in [5.74, 6) is -2.39. The minimum absolute atomic E-state index is 0.0706. The van der Waals surface area contributed by atoms with Crippen molar-refractivity contribution in [3.8, 4) is 0 Å². The van der Waals surface area contributed by atoms with Crippen molar-refractivity contribution in [2.75, 3.05) is 10.6 Å². The molecule has 0 unspecified atom stereocenters. The molecule has 0 bridgehead atoms. The number of carbonyl (C=O) groups is 2. The monoisotopic (exact) mass is 340 g/mol. The van der Waals surface area contributed by atoms with Crippen LogP contribution in [0.1, 0.15) is 22.8 Å². The van der Waals surface area contributed by atoms with E-state index in [4.69, 9.17) is 0 Å².